The molecule has 1 aromatic rings. The molecule has 0 bridgehead atoms. The quantitative estimate of drug-likeness (QED) is 0.780. The Hall–Kier alpha value is -1.25. The molecule has 0 amide bonds. The highest BCUT2D eigenvalue weighted by atomic mass is 15.1. The van der Waals surface area contributed by atoms with Gasteiger partial charge in [-0.25, -0.2) is 4.98 Å². The van der Waals surface area contributed by atoms with Gasteiger partial charge in [-0.3, -0.25) is 0 Å². The molecule has 3 nitrogen and oxygen atoms in total. The summed E-state index contributed by atoms with van der Waals surface area (Å²) in [6.07, 6.45) is 6.44. The Morgan fingerprint density at radius 3 is 2.67 bits per heavy atom. The number of aromatic nitrogens is 1. The van der Waals surface area contributed by atoms with Gasteiger partial charge in [-0.2, -0.15) is 0 Å². The molecule has 1 aliphatic rings. The number of nitrogen functional groups attached to an aromatic ring is 1. The lowest BCUT2D eigenvalue weighted by atomic mass is 9.83. The van der Waals surface area contributed by atoms with Crippen LogP contribution in [0.2, 0.25) is 0 Å². The van der Waals surface area contributed by atoms with Crippen molar-refractivity contribution in [2.24, 2.45) is 0 Å². The second-order valence-electron chi connectivity index (χ2n) is 4.69. The van der Waals surface area contributed by atoms with E-state index in [1.807, 2.05) is 18.2 Å². The summed E-state index contributed by atoms with van der Waals surface area (Å²) in [6.45, 7) is 2.27. The minimum Gasteiger partial charge on any atom is -0.384 e. The Balaban J connectivity index is 2.06. The predicted molar refractivity (Wildman–Crippen MR) is 63.8 cm³/mol. The van der Waals surface area contributed by atoms with Crippen LogP contribution in [0.15, 0.2) is 18.2 Å². The highest BCUT2D eigenvalue weighted by Crippen LogP contribution is 2.30. The second kappa shape index (κ2) is 4.09. The van der Waals surface area contributed by atoms with Crippen molar-refractivity contribution in [2.75, 3.05) is 11.1 Å². The van der Waals surface area contributed by atoms with Crippen molar-refractivity contribution in [3.8, 4) is 0 Å². The lowest BCUT2D eigenvalue weighted by Crippen LogP contribution is -2.37. The fourth-order valence-electron chi connectivity index (χ4n) is 2.29. The van der Waals surface area contributed by atoms with Crippen LogP contribution in [0.4, 0.5) is 11.6 Å². The molecule has 1 aliphatic carbocycles. The molecule has 0 aromatic carbocycles. The summed E-state index contributed by atoms with van der Waals surface area (Å²) in [5.74, 6) is 1.49. The molecule has 2 rings (SSSR count). The minimum atomic E-state index is 0.207. The topological polar surface area (TPSA) is 50.9 Å². The summed E-state index contributed by atoms with van der Waals surface area (Å²) in [6, 6.07) is 5.74. The molecule has 3 N–H and O–H groups in total. The zero-order chi connectivity index (χ0) is 10.7. The van der Waals surface area contributed by atoms with Gasteiger partial charge in [0.25, 0.3) is 0 Å². The maximum Gasteiger partial charge on any atom is 0.128 e. The highest BCUT2D eigenvalue weighted by Gasteiger charge is 2.26. The number of hydrogen-bond acceptors (Lipinski definition) is 3. The molecule has 3 heteroatoms. The zero-order valence-electron chi connectivity index (χ0n) is 9.29. The van der Waals surface area contributed by atoms with E-state index in [0.717, 1.165) is 5.82 Å². The van der Waals surface area contributed by atoms with Crippen LogP contribution in [0.5, 0.6) is 0 Å². The summed E-state index contributed by atoms with van der Waals surface area (Å²) in [5, 5.41) is 3.51. The van der Waals surface area contributed by atoms with E-state index in [1.54, 1.807) is 0 Å². The Morgan fingerprint density at radius 2 is 2.00 bits per heavy atom. The molecule has 1 heterocycles. The standard InChI is InChI=1S/C12H19N3/c1-12(8-3-2-4-9-12)15-11-7-5-6-10(13)14-11/h5-7H,2-4,8-9H2,1H3,(H3,13,14,15). The third-order valence-corrected chi connectivity index (χ3v) is 3.16. The Bertz CT molecular complexity index is 329. The van der Waals surface area contributed by atoms with Crippen LogP contribution in [0, 0.1) is 0 Å². The van der Waals surface area contributed by atoms with Crippen molar-refractivity contribution in [2.45, 2.75) is 44.6 Å². The van der Waals surface area contributed by atoms with Gasteiger partial charge >= 0.3 is 0 Å². The molecule has 0 atom stereocenters. The van der Waals surface area contributed by atoms with Crippen molar-refractivity contribution in [1.29, 1.82) is 0 Å². The fraction of sp³-hybridized carbons (Fsp3) is 0.583. The van der Waals surface area contributed by atoms with Crippen molar-refractivity contribution in [1.82, 2.24) is 4.98 Å². The fourth-order valence-corrected chi connectivity index (χ4v) is 2.29. The first-order valence-corrected chi connectivity index (χ1v) is 5.69. The SMILES string of the molecule is CC1(Nc2cccc(N)n2)CCCCC1. The van der Waals surface area contributed by atoms with E-state index in [2.05, 4.69) is 17.2 Å². The molecule has 1 fully saturated rings. The van der Waals surface area contributed by atoms with E-state index in [4.69, 9.17) is 5.73 Å². The van der Waals surface area contributed by atoms with Crippen molar-refractivity contribution in [3.05, 3.63) is 18.2 Å². The Morgan fingerprint density at radius 1 is 1.27 bits per heavy atom. The first-order valence-electron chi connectivity index (χ1n) is 5.69. The monoisotopic (exact) mass is 205 g/mol. The van der Waals surface area contributed by atoms with Gasteiger partial charge in [-0.05, 0) is 31.9 Å². The number of pyridine rings is 1. The summed E-state index contributed by atoms with van der Waals surface area (Å²) in [5.41, 5.74) is 5.86. The van der Waals surface area contributed by atoms with Crippen molar-refractivity contribution in [3.63, 3.8) is 0 Å². The van der Waals surface area contributed by atoms with E-state index in [1.165, 1.54) is 32.1 Å². The lowest BCUT2D eigenvalue weighted by molar-refractivity contribution is 0.348. The number of nitrogens with zero attached hydrogens (tertiary/aromatic N) is 1. The molecule has 1 saturated carbocycles. The van der Waals surface area contributed by atoms with Gasteiger partial charge in [0.2, 0.25) is 0 Å². The number of rotatable bonds is 2. The van der Waals surface area contributed by atoms with Gasteiger partial charge < -0.3 is 11.1 Å². The van der Waals surface area contributed by atoms with Crippen LogP contribution in [0.25, 0.3) is 0 Å². The molecule has 15 heavy (non-hydrogen) atoms. The summed E-state index contributed by atoms with van der Waals surface area (Å²) < 4.78 is 0. The van der Waals surface area contributed by atoms with Gasteiger partial charge in [-0.1, -0.05) is 25.3 Å². The van der Waals surface area contributed by atoms with Gasteiger partial charge in [-0.15, -0.1) is 0 Å². The summed E-state index contributed by atoms with van der Waals surface area (Å²) in [4.78, 5) is 4.28. The number of hydrogen-bond donors (Lipinski definition) is 2. The Labute approximate surface area is 91.1 Å². The molecule has 82 valence electrons. The summed E-state index contributed by atoms with van der Waals surface area (Å²) >= 11 is 0. The van der Waals surface area contributed by atoms with Gasteiger partial charge in [0, 0.05) is 5.54 Å². The maximum atomic E-state index is 5.66. The van der Waals surface area contributed by atoms with E-state index < -0.39 is 0 Å². The van der Waals surface area contributed by atoms with Crippen LogP contribution < -0.4 is 11.1 Å². The van der Waals surface area contributed by atoms with Gasteiger partial charge in [0.15, 0.2) is 0 Å². The summed E-state index contributed by atoms with van der Waals surface area (Å²) in [7, 11) is 0. The van der Waals surface area contributed by atoms with E-state index in [0.29, 0.717) is 5.82 Å². The molecule has 0 spiro atoms. The molecule has 0 unspecified atom stereocenters. The number of nitrogens with one attached hydrogen (secondary N) is 1. The third-order valence-electron chi connectivity index (χ3n) is 3.16. The smallest absolute Gasteiger partial charge is 0.128 e. The Kier molecular flexibility index (Phi) is 2.80. The van der Waals surface area contributed by atoms with Gasteiger partial charge in [0.1, 0.15) is 11.6 Å². The first kappa shape index (κ1) is 10.3. The van der Waals surface area contributed by atoms with E-state index >= 15 is 0 Å². The molecule has 0 radical (unpaired) electrons. The van der Waals surface area contributed by atoms with Crippen molar-refractivity contribution >= 4 is 11.6 Å². The second-order valence-corrected chi connectivity index (χ2v) is 4.69. The average molecular weight is 205 g/mol. The van der Waals surface area contributed by atoms with E-state index in [9.17, 15) is 0 Å². The van der Waals surface area contributed by atoms with Crippen LogP contribution in [-0.4, -0.2) is 10.5 Å². The van der Waals surface area contributed by atoms with Gasteiger partial charge in [0.05, 0.1) is 0 Å². The van der Waals surface area contributed by atoms with Crippen LogP contribution >= 0.6 is 0 Å². The number of nitrogens with two attached hydrogens (primary N) is 1. The van der Waals surface area contributed by atoms with Crippen LogP contribution in [0.1, 0.15) is 39.0 Å². The molecular weight excluding hydrogens is 186 g/mol. The van der Waals surface area contributed by atoms with Crippen LogP contribution in [-0.2, 0) is 0 Å². The normalized spacial score (nSPS) is 19.8. The predicted octanol–water partition coefficient (Wildman–Crippen LogP) is 2.80. The zero-order valence-corrected chi connectivity index (χ0v) is 9.29. The highest BCUT2D eigenvalue weighted by molar-refractivity contribution is 5.44. The van der Waals surface area contributed by atoms with Crippen LogP contribution in [0.3, 0.4) is 0 Å². The average Bonchev–Trinajstić information content (AvgIpc) is 2.18. The lowest BCUT2D eigenvalue weighted by Gasteiger charge is -2.35. The maximum absolute atomic E-state index is 5.66. The first-order chi connectivity index (χ1) is 7.18. The van der Waals surface area contributed by atoms with E-state index in [-0.39, 0.29) is 5.54 Å². The largest absolute Gasteiger partial charge is 0.384 e. The van der Waals surface area contributed by atoms with Crippen molar-refractivity contribution < 1.29 is 0 Å². The molecule has 1 aromatic heterocycles. The minimum absolute atomic E-state index is 0.207. The number of anilines is 2. The molecule has 0 saturated heterocycles. The molecule has 0 aliphatic heterocycles. The third kappa shape index (κ3) is 2.61. The molecular formula is C12H19N3.